The third-order valence-corrected chi connectivity index (χ3v) is 3.53. The maximum absolute atomic E-state index is 12.2. The number of carbonyl (C=O) groups is 1. The van der Waals surface area contributed by atoms with Crippen molar-refractivity contribution in [3.05, 3.63) is 24.0 Å². The highest BCUT2D eigenvalue weighted by Crippen LogP contribution is 2.31. The van der Waals surface area contributed by atoms with Gasteiger partial charge in [-0.1, -0.05) is 13.8 Å². The van der Waals surface area contributed by atoms with E-state index in [2.05, 4.69) is 4.98 Å². The molecular weight excluding hydrogens is 232 g/mol. The zero-order chi connectivity index (χ0) is 13.3. The van der Waals surface area contributed by atoms with Crippen LogP contribution in [-0.2, 0) is 0 Å². The molecule has 1 saturated heterocycles. The maximum Gasteiger partial charge on any atom is 0.257 e. The molecule has 1 aromatic rings. The van der Waals surface area contributed by atoms with Gasteiger partial charge in [0.1, 0.15) is 11.4 Å². The zero-order valence-corrected chi connectivity index (χ0v) is 10.9. The van der Waals surface area contributed by atoms with Gasteiger partial charge in [0, 0.05) is 6.20 Å². The van der Waals surface area contributed by atoms with E-state index in [-0.39, 0.29) is 11.8 Å². The number of pyridine rings is 1. The number of hydrogen-bond acceptors (Lipinski definition) is 4. The highest BCUT2D eigenvalue weighted by Gasteiger charge is 2.46. The molecule has 5 heteroatoms. The van der Waals surface area contributed by atoms with E-state index in [1.807, 2.05) is 13.8 Å². The maximum atomic E-state index is 12.2. The van der Waals surface area contributed by atoms with Crippen LogP contribution in [0.4, 0.5) is 0 Å². The summed E-state index contributed by atoms with van der Waals surface area (Å²) >= 11 is 0. The number of aromatic nitrogens is 1. The van der Waals surface area contributed by atoms with E-state index >= 15 is 0 Å². The predicted molar refractivity (Wildman–Crippen MR) is 66.5 cm³/mol. The number of methoxy groups -OCH3 is 1. The van der Waals surface area contributed by atoms with Gasteiger partial charge < -0.3 is 14.7 Å². The Bertz CT molecular complexity index is 453. The molecule has 0 radical (unpaired) electrons. The molecule has 1 aromatic heterocycles. The van der Waals surface area contributed by atoms with Crippen LogP contribution in [-0.4, -0.2) is 46.7 Å². The van der Waals surface area contributed by atoms with Crippen LogP contribution in [0, 0.1) is 5.92 Å². The van der Waals surface area contributed by atoms with Gasteiger partial charge in [-0.05, 0) is 12.0 Å². The van der Waals surface area contributed by atoms with Gasteiger partial charge in [-0.15, -0.1) is 0 Å². The second-order valence-corrected chi connectivity index (χ2v) is 5.00. The molecule has 0 atom stereocenters. The first kappa shape index (κ1) is 12.8. The molecule has 18 heavy (non-hydrogen) atoms. The molecular formula is C13H18N2O3. The summed E-state index contributed by atoms with van der Waals surface area (Å²) in [5.41, 5.74) is -0.269. The highest BCUT2D eigenvalue weighted by molar-refractivity contribution is 5.97. The summed E-state index contributed by atoms with van der Waals surface area (Å²) in [6, 6.07) is 1.63. The fourth-order valence-electron chi connectivity index (χ4n) is 2.01. The Balaban J connectivity index is 2.11. The molecule has 1 aliphatic rings. The SMILES string of the molecule is COc1cnccc1C(=O)N1CC(O)(C(C)C)C1. The van der Waals surface area contributed by atoms with Crippen LogP contribution in [0.5, 0.6) is 5.75 Å². The Morgan fingerprint density at radius 3 is 2.78 bits per heavy atom. The van der Waals surface area contributed by atoms with Crippen molar-refractivity contribution >= 4 is 5.91 Å². The lowest BCUT2D eigenvalue weighted by molar-refractivity contribution is -0.110. The van der Waals surface area contributed by atoms with Crippen LogP contribution >= 0.6 is 0 Å². The average Bonchev–Trinajstić information content (AvgIpc) is 2.33. The van der Waals surface area contributed by atoms with Crippen molar-refractivity contribution in [2.24, 2.45) is 5.92 Å². The van der Waals surface area contributed by atoms with Crippen LogP contribution in [0.1, 0.15) is 24.2 Å². The zero-order valence-electron chi connectivity index (χ0n) is 10.9. The van der Waals surface area contributed by atoms with E-state index in [0.29, 0.717) is 24.4 Å². The van der Waals surface area contributed by atoms with Crippen LogP contribution in [0.15, 0.2) is 18.5 Å². The van der Waals surface area contributed by atoms with Crippen molar-refractivity contribution in [3.63, 3.8) is 0 Å². The molecule has 0 saturated carbocycles. The van der Waals surface area contributed by atoms with E-state index in [1.54, 1.807) is 17.2 Å². The summed E-state index contributed by atoms with van der Waals surface area (Å²) in [5.74, 6) is 0.475. The van der Waals surface area contributed by atoms with E-state index in [0.717, 1.165) is 0 Å². The van der Waals surface area contributed by atoms with E-state index in [9.17, 15) is 9.90 Å². The summed E-state index contributed by atoms with van der Waals surface area (Å²) in [6.45, 7) is 4.65. The normalized spacial score (nSPS) is 17.5. The Morgan fingerprint density at radius 2 is 2.22 bits per heavy atom. The number of ether oxygens (including phenoxy) is 1. The standard InChI is InChI=1S/C13H18N2O3/c1-9(2)13(17)7-15(8-13)12(16)10-4-5-14-6-11(10)18-3/h4-6,9,17H,7-8H2,1-3H3. The molecule has 1 N–H and O–H groups in total. The largest absolute Gasteiger partial charge is 0.494 e. The van der Waals surface area contributed by atoms with Crippen LogP contribution < -0.4 is 4.74 Å². The monoisotopic (exact) mass is 250 g/mol. The van der Waals surface area contributed by atoms with Gasteiger partial charge in [0.25, 0.3) is 5.91 Å². The van der Waals surface area contributed by atoms with Gasteiger partial charge in [-0.25, -0.2) is 0 Å². The smallest absolute Gasteiger partial charge is 0.257 e. The van der Waals surface area contributed by atoms with Crippen molar-refractivity contribution in [3.8, 4) is 5.75 Å². The van der Waals surface area contributed by atoms with Gasteiger partial charge in [0.2, 0.25) is 0 Å². The summed E-state index contributed by atoms with van der Waals surface area (Å²) in [4.78, 5) is 17.8. The van der Waals surface area contributed by atoms with Gasteiger partial charge in [-0.3, -0.25) is 9.78 Å². The third kappa shape index (κ3) is 2.06. The van der Waals surface area contributed by atoms with Crippen molar-refractivity contribution in [1.29, 1.82) is 0 Å². The molecule has 1 aliphatic heterocycles. The molecule has 2 rings (SSSR count). The van der Waals surface area contributed by atoms with Crippen molar-refractivity contribution in [1.82, 2.24) is 9.88 Å². The quantitative estimate of drug-likeness (QED) is 0.867. The molecule has 1 amide bonds. The molecule has 0 aromatic carbocycles. The minimum Gasteiger partial charge on any atom is -0.494 e. The molecule has 0 bridgehead atoms. The lowest BCUT2D eigenvalue weighted by Gasteiger charge is -2.49. The highest BCUT2D eigenvalue weighted by atomic mass is 16.5. The van der Waals surface area contributed by atoms with E-state index in [1.165, 1.54) is 13.3 Å². The van der Waals surface area contributed by atoms with Gasteiger partial charge in [0.05, 0.1) is 32.0 Å². The Labute approximate surface area is 106 Å². The molecule has 0 spiro atoms. The topological polar surface area (TPSA) is 62.7 Å². The van der Waals surface area contributed by atoms with Gasteiger partial charge >= 0.3 is 0 Å². The Morgan fingerprint density at radius 1 is 1.56 bits per heavy atom. The molecule has 1 fully saturated rings. The third-order valence-electron chi connectivity index (χ3n) is 3.53. The number of amides is 1. The first-order chi connectivity index (χ1) is 8.48. The van der Waals surface area contributed by atoms with E-state index in [4.69, 9.17) is 4.74 Å². The molecule has 2 heterocycles. The van der Waals surface area contributed by atoms with Crippen molar-refractivity contribution < 1.29 is 14.6 Å². The summed E-state index contributed by atoms with van der Waals surface area (Å²) in [6.07, 6.45) is 3.08. The van der Waals surface area contributed by atoms with Crippen LogP contribution in [0.25, 0.3) is 0 Å². The number of hydrogen-bond donors (Lipinski definition) is 1. The number of β-amino-alcohol motifs (C(OH)–C–C–N with tert-alkyl or cyclic N) is 1. The number of rotatable bonds is 3. The summed E-state index contributed by atoms with van der Waals surface area (Å²) in [7, 11) is 1.51. The van der Waals surface area contributed by atoms with Gasteiger partial charge in [0.15, 0.2) is 0 Å². The Hall–Kier alpha value is -1.62. The second kappa shape index (κ2) is 4.57. The lowest BCUT2D eigenvalue weighted by atomic mass is 9.82. The Kier molecular flexibility index (Phi) is 3.26. The first-order valence-electron chi connectivity index (χ1n) is 5.97. The second-order valence-electron chi connectivity index (χ2n) is 5.00. The lowest BCUT2D eigenvalue weighted by Crippen LogP contribution is -2.65. The van der Waals surface area contributed by atoms with Crippen molar-refractivity contribution in [2.45, 2.75) is 19.4 Å². The van der Waals surface area contributed by atoms with E-state index < -0.39 is 5.60 Å². The number of carbonyl (C=O) groups excluding carboxylic acids is 1. The van der Waals surface area contributed by atoms with Crippen LogP contribution in [0.3, 0.4) is 0 Å². The molecule has 0 unspecified atom stereocenters. The fraction of sp³-hybridized carbons (Fsp3) is 0.538. The van der Waals surface area contributed by atoms with Crippen molar-refractivity contribution in [2.75, 3.05) is 20.2 Å². The minimum absolute atomic E-state index is 0.125. The minimum atomic E-state index is -0.754. The predicted octanol–water partition coefficient (Wildman–Crippen LogP) is 0.933. The fourth-order valence-corrected chi connectivity index (χ4v) is 2.01. The average molecular weight is 250 g/mol. The number of nitrogens with zero attached hydrogens (tertiary/aromatic N) is 2. The molecule has 98 valence electrons. The summed E-state index contributed by atoms with van der Waals surface area (Å²) < 4.78 is 5.11. The molecule has 5 nitrogen and oxygen atoms in total. The summed E-state index contributed by atoms with van der Waals surface area (Å²) in [5, 5.41) is 10.1. The van der Waals surface area contributed by atoms with Crippen LogP contribution in [0.2, 0.25) is 0 Å². The van der Waals surface area contributed by atoms with Gasteiger partial charge in [-0.2, -0.15) is 0 Å². The number of likely N-dealkylation sites (tertiary alicyclic amines) is 1. The molecule has 0 aliphatic carbocycles. The first-order valence-corrected chi connectivity index (χ1v) is 5.97. The number of aliphatic hydroxyl groups is 1.